The summed E-state index contributed by atoms with van der Waals surface area (Å²) in [6, 6.07) is 4.89. The van der Waals surface area contributed by atoms with Crippen LogP contribution in [0.25, 0.3) is 0 Å². The molecule has 7 heteroatoms. The Morgan fingerprint density at radius 3 is 2.54 bits per heavy atom. The van der Waals surface area contributed by atoms with Gasteiger partial charge in [-0.1, -0.05) is 6.07 Å². The van der Waals surface area contributed by atoms with Crippen molar-refractivity contribution in [3.63, 3.8) is 0 Å². The van der Waals surface area contributed by atoms with Crippen LogP contribution in [0.4, 0.5) is 4.39 Å². The van der Waals surface area contributed by atoms with Gasteiger partial charge in [0.2, 0.25) is 0 Å². The standard InChI is InChI=1S/C17H24FN5O/c1-11-14(12(2)23(4)22-11)10-21-17(19-3)20-9-13-6-7-16(24-5)15(18)8-13/h6-8H,9-10H2,1-5H3,(H2,19,20,21). The van der Waals surface area contributed by atoms with Crippen molar-refractivity contribution in [2.45, 2.75) is 26.9 Å². The first kappa shape index (κ1) is 17.8. The Bertz CT molecular complexity index is 739. The van der Waals surface area contributed by atoms with Gasteiger partial charge in [0.15, 0.2) is 17.5 Å². The molecule has 0 spiro atoms. The van der Waals surface area contributed by atoms with E-state index in [-0.39, 0.29) is 11.6 Å². The van der Waals surface area contributed by atoms with Gasteiger partial charge in [-0.2, -0.15) is 5.10 Å². The highest BCUT2D eigenvalue weighted by Crippen LogP contribution is 2.17. The number of rotatable bonds is 5. The molecule has 0 aliphatic heterocycles. The van der Waals surface area contributed by atoms with E-state index < -0.39 is 0 Å². The van der Waals surface area contributed by atoms with Crippen molar-refractivity contribution in [1.82, 2.24) is 20.4 Å². The third-order valence-corrected chi connectivity index (χ3v) is 3.99. The second-order valence-corrected chi connectivity index (χ2v) is 5.52. The molecule has 130 valence electrons. The number of aliphatic imine (C=N–C) groups is 1. The number of benzene rings is 1. The van der Waals surface area contributed by atoms with E-state index in [0.717, 1.165) is 22.5 Å². The Balaban J connectivity index is 1.94. The van der Waals surface area contributed by atoms with E-state index in [1.165, 1.54) is 13.2 Å². The van der Waals surface area contributed by atoms with Crippen molar-refractivity contribution in [3.05, 3.63) is 46.5 Å². The van der Waals surface area contributed by atoms with E-state index in [9.17, 15) is 4.39 Å². The highest BCUT2D eigenvalue weighted by atomic mass is 19.1. The zero-order valence-corrected chi connectivity index (χ0v) is 14.8. The molecule has 2 N–H and O–H groups in total. The molecule has 0 unspecified atom stereocenters. The van der Waals surface area contributed by atoms with Crippen molar-refractivity contribution in [1.29, 1.82) is 0 Å². The van der Waals surface area contributed by atoms with Gasteiger partial charge in [-0.15, -0.1) is 0 Å². The van der Waals surface area contributed by atoms with Gasteiger partial charge in [0.1, 0.15) is 0 Å². The lowest BCUT2D eigenvalue weighted by molar-refractivity contribution is 0.386. The Morgan fingerprint density at radius 2 is 2.00 bits per heavy atom. The van der Waals surface area contributed by atoms with Crippen molar-refractivity contribution in [2.24, 2.45) is 12.0 Å². The normalized spacial score (nSPS) is 11.5. The molecule has 2 aromatic rings. The van der Waals surface area contributed by atoms with Crippen molar-refractivity contribution < 1.29 is 9.13 Å². The number of nitrogens with zero attached hydrogens (tertiary/aromatic N) is 3. The summed E-state index contributed by atoms with van der Waals surface area (Å²) >= 11 is 0. The lowest BCUT2D eigenvalue weighted by atomic mass is 10.2. The van der Waals surface area contributed by atoms with Gasteiger partial charge < -0.3 is 15.4 Å². The maximum Gasteiger partial charge on any atom is 0.191 e. The van der Waals surface area contributed by atoms with Gasteiger partial charge in [-0.25, -0.2) is 4.39 Å². The molecule has 6 nitrogen and oxygen atoms in total. The summed E-state index contributed by atoms with van der Waals surface area (Å²) in [4.78, 5) is 4.19. The highest BCUT2D eigenvalue weighted by molar-refractivity contribution is 5.79. The number of guanidine groups is 1. The second kappa shape index (κ2) is 7.81. The quantitative estimate of drug-likeness (QED) is 0.649. The number of aryl methyl sites for hydroxylation is 2. The average molecular weight is 333 g/mol. The predicted molar refractivity (Wildman–Crippen MR) is 92.7 cm³/mol. The third-order valence-electron chi connectivity index (χ3n) is 3.99. The van der Waals surface area contributed by atoms with Gasteiger partial charge in [0, 0.05) is 38.4 Å². The fraction of sp³-hybridized carbons (Fsp3) is 0.412. The van der Waals surface area contributed by atoms with E-state index >= 15 is 0 Å². The summed E-state index contributed by atoms with van der Waals surface area (Å²) in [6.45, 7) is 5.11. The summed E-state index contributed by atoms with van der Waals surface area (Å²) in [7, 11) is 5.08. The van der Waals surface area contributed by atoms with Crippen LogP contribution in [0.5, 0.6) is 5.75 Å². The molecule has 1 heterocycles. The molecule has 0 saturated carbocycles. The summed E-state index contributed by atoms with van der Waals surface area (Å²) < 4.78 is 20.5. The Morgan fingerprint density at radius 1 is 1.29 bits per heavy atom. The molecule has 1 aromatic carbocycles. The molecule has 2 rings (SSSR count). The first-order chi connectivity index (χ1) is 11.5. The van der Waals surface area contributed by atoms with Crippen LogP contribution in [-0.2, 0) is 20.1 Å². The molecule has 1 aromatic heterocycles. The Hall–Kier alpha value is -2.57. The number of hydrogen-bond donors (Lipinski definition) is 2. The number of hydrogen-bond acceptors (Lipinski definition) is 3. The smallest absolute Gasteiger partial charge is 0.191 e. The molecule has 0 saturated heterocycles. The summed E-state index contributed by atoms with van der Waals surface area (Å²) in [5.41, 5.74) is 4.07. The van der Waals surface area contributed by atoms with Crippen molar-refractivity contribution >= 4 is 5.96 Å². The predicted octanol–water partition coefficient (Wildman–Crippen LogP) is 2.05. The minimum Gasteiger partial charge on any atom is -0.494 e. The topological polar surface area (TPSA) is 63.5 Å². The van der Waals surface area contributed by atoms with Crippen LogP contribution in [0.15, 0.2) is 23.2 Å². The second-order valence-electron chi connectivity index (χ2n) is 5.52. The molecule has 0 fully saturated rings. The molecule has 0 bridgehead atoms. The number of halogens is 1. The molecule has 0 amide bonds. The average Bonchev–Trinajstić information content (AvgIpc) is 2.80. The lowest BCUT2D eigenvalue weighted by Crippen LogP contribution is -2.36. The van der Waals surface area contributed by atoms with Crippen LogP contribution in [0.1, 0.15) is 22.5 Å². The Labute approximate surface area is 141 Å². The summed E-state index contributed by atoms with van der Waals surface area (Å²) in [5.74, 6) is 0.513. The maximum atomic E-state index is 13.7. The molecule has 24 heavy (non-hydrogen) atoms. The summed E-state index contributed by atoms with van der Waals surface area (Å²) in [6.07, 6.45) is 0. The molecule has 0 aliphatic carbocycles. The van der Waals surface area contributed by atoms with Gasteiger partial charge in [-0.3, -0.25) is 9.67 Å². The van der Waals surface area contributed by atoms with Crippen LogP contribution in [-0.4, -0.2) is 29.9 Å². The highest BCUT2D eigenvalue weighted by Gasteiger charge is 2.10. The molecule has 0 aliphatic rings. The number of ether oxygens (including phenoxy) is 1. The maximum absolute atomic E-state index is 13.7. The molecule has 0 radical (unpaired) electrons. The SMILES string of the molecule is CN=C(NCc1ccc(OC)c(F)c1)NCc1c(C)nn(C)c1C. The van der Waals surface area contributed by atoms with E-state index in [1.807, 2.05) is 31.6 Å². The molecular formula is C17H24FN5O. The van der Waals surface area contributed by atoms with E-state index in [2.05, 4.69) is 20.7 Å². The van der Waals surface area contributed by atoms with Gasteiger partial charge >= 0.3 is 0 Å². The fourth-order valence-electron chi connectivity index (χ4n) is 2.47. The first-order valence-electron chi connectivity index (χ1n) is 7.72. The largest absolute Gasteiger partial charge is 0.494 e. The van der Waals surface area contributed by atoms with Crippen LogP contribution in [0, 0.1) is 19.7 Å². The van der Waals surface area contributed by atoms with Gasteiger partial charge in [0.05, 0.1) is 12.8 Å². The molecule has 0 atom stereocenters. The third kappa shape index (κ3) is 4.04. The number of nitrogens with one attached hydrogen (secondary N) is 2. The van der Waals surface area contributed by atoms with Crippen LogP contribution in [0.3, 0.4) is 0 Å². The van der Waals surface area contributed by atoms with E-state index in [4.69, 9.17) is 4.74 Å². The van der Waals surface area contributed by atoms with Crippen molar-refractivity contribution in [3.8, 4) is 5.75 Å². The zero-order valence-electron chi connectivity index (χ0n) is 14.8. The minimum atomic E-state index is -0.374. The first-order valence-corrected chi connectivity index (χ1v) is 7.72. The van der Waals surface area contributed by atoms with Gasteiger partial charge in [0.25, 0.3) is 0 Å². The molecular weight excluding hydrogens is 309 g/mol. The van der Waals surface area contributed by atoms with Gasteiger partial charge in [-0.05, 0) is 31.5 Å². The Kier molecular flexibility index (Phi) is 5.78. The minimum absolute atomic E-state index is 0.240. The van der Waals surface area contributed by atoms with E-state index in [0.29, 0.717) is 19.0 Å². The number of aromatic nitrogens is 2. The lowest BCUT2D eigenvalue weighted by Gasteiger charge is -2.13. The van der Waals surface area contributed by atoms with Crippen LogP contribution < -0.4 is 15.4 Å². The summed E-state index contributed by atoms with van der Waals surface area (Å²) in [5, 5.41) is 10.8. The zero-order chi connectivity index (χ0) is 17.7. The van der Waals surface area contributed by atoms with Crippen LogP contribution in [0.2, 0.25) is 0 Å². The van der Waals surface area contributed by atoms with Crippen LogP contribution >= 0.6 is 0 Å². The monoisotopic (exact) mass is 333 g/mol. The number of methoxy groups -OCH3 is 1. The van der Waals surface area contributed by atoms with Crippen molar-refractivity contribution in [2.75, 3.05) is 14.2 Å². The fourth-order valence-corrected chi connectivity index (χ4v) is 2.47. The van der Waals surface area contributed by atoms with E-state index in [1.54, 1.807) is 13.1 Å².